The van der Waals surface area contributed by atoms with Gasteiger partial charge < -0.3 is 10.2 Å². The van der Waals surface area contributed by atoms with Gasteiger partial charge in [-0.3, -0.25) is 9.59 Å². The number of carbonyl (C=O) groups excluding carboxylic acids is 2. The van der Waals surface area contributed by atoms with Crippen molar-refractivity contribution in [2.24, 2.45) is 0 Å². The summed E-state index contributed by atoms with van der Waals surface area (Å²) in [7, 11) is -3.45. The van der Waals surface area contributed by atoms with Gasteiger partial charge in [0, 0.05) is 31.3 Å². The smallest absolute Gasteiger partial charge is 0.255 e. The molecule has 0 aromatic heterocycles. The number of para-hydroxylation sites is 1. The molecule has 136 valence electrons. The Hall–Kier alpha value is -2.67. The molecule has 0 aliphatic carbocycles. The zero-order valence-corrected chi connectivity index (χ0v) is 15.3. The molecule has 1 fully saturated rings. The van der Waals surface area contributed by atoms with Crippen molar-refractivity contribution in [2.75, 3.05) is 18.1 Å². The molecule has 0 saturated carbocycles. The third-order valence-electron chi connectivity index (χ3n) is 4.27. The Morgan fingerprint density at radius 1 is 1.15 bits per heavy atom. The fourth-order valence-electron chi connectivity index (χ4n) is 2.99. The van der Waals surface area contributed by atoms with E-state index >= 15 is 0 Å². The maximum atomic E-state index is 12.6. The summed E-state index contributed by atoms with van der Waals surface area (Å²) >= 11 is 0. The average Bonchev–Trinajstić information content (AvgIpc) is 2.99. The van der Waals surface area contributed by atoms with Crippen LogP contribution in [0.3, 0.4) is 0 Å². The van der Waals surface area contributed by atoms with Crippen LogP contribution < -0.4 is 5.32 Å². The number of hydrogen-bond donors (Lipinski definition) is 1. The number of sulfone groups is 1. The van der Waals surface area contributed by atoms with Gasteiger partial charge in [0.2, 0.25) is 5.91 Å². The second-order valence-electron chi connectivity index (χ2n) is 6.34. The highest BCUT2D eigenvalue weighted by Crippen LogP contribution is 2.22. The lowest BCUT2D eigenvalue weighted by molar-refractivity contribution is -0.128. The van der Waals surface area contributed by atoms with Crippen molar-refractivity contribution >= 4 is 27.3 Å². The summed E-state index contributed by atoms with van der Waals surface area (Å²) in [4.78, 5) is 26.2. The van der Waals surface area contributed by atoms with Gasteiger partial charge in [-0.2, -0.15) is 0 Å². The van der Waals surface area contributed by atoms with Crippen LogP contribution in [0.25, 0.3) is 0 Å². The van der Waals surface area contributed by atoms with Crippen molar-refractivity contribution < 1.29 is 18.0 Å². The predicted molar refractivity (Wildman–Crippen MR) is 98.6 cm³/mol. The summed E-state index contributed by atoms with van der Waals surface area (Å²) in [5.41, 5.74) is 1.53. The fourth-order valence-corrected chi connectivity index (χ4v) is 3.83. The van der Waals surface area contributed by atoms with Gasteiger partial charge in [-0.1, -0.05) is 24.3 Å². The molecule has 2 aromatic rings. The summed E-state index contributed by atoms with van der Waals surface area (Å²) in [6, 6.07) is 13.3. The first-order valence-corrected chi connectivity index (χ1v) is 10.2. The zero-order valence-electron chi connectivity index (χ0n) is 14.4. The Bertz CT molecular complexity index is 954. The molecular formula is C19H20N2O4S. The van der Waals surface area contributed by atoms with E-state index in [1.165, 1.54) is 6.07 Å². The molecule has 1 N–H and O–H groups in total. The van der Waals surface area contributed by atoms with Gasteiger partial charge in [-0.25, -0.2) is 8.42 Å². The van der Waals surface area contributed by atoms with Gasteiger partial charge in [0.25, 0.3) is 5.91 Å². The molecule has 2 aromatic carbocycles. The van der Waals surface area contributed by atoms with Crippen molar-refractivity contribution in [1.29, 1.82) is 0 Å². The van der Waals surface area contributed by atoms with Crippen LogP contribution >= 0.6 is 0 Å². The van der Waals surface area contributed by atoms with Crippen molar-refractivity contribution in [1.82, 2.24) is 4.90 Å². The second-order valence-corrected chi connectivity index (χ2v) is 8.33. The highest BCUT2D eigenvalue weighted by Gasteiger charge is 2.20. The van der Waals surface area contributed by atoms with Crippen molar-refractivity contribution in [2.45, 2.75) is 24.3 Å². The Labute approximate surface area is 152 Å². The number of rotatable bonds is 5. The van der Waals surface area contributed by atoms with E-state index in [-0.39, 0.29) is 16.5 Å². The van der Waals surface area contributed by atoms with E-state index in [4.69, 9.17) is 0 Å². The number of carbonyl (C=O) groups is 2. The highest BCUT2D eigenvalue weighted by atomic mass is 32.2. The monoisotopic (exact) mass is 372 g/mol. The SMILES string of the molecule is CS(=O)(=O)c1ccccc1NC(=O)c1cccc(CN2CCCC2=O)c1. The molecule has 0 atom stereocenters. The first-order chi connectivity index (χ1) is 12.3. The van der Waals surface area contributed by atoms with E-state index in [1.54, 1.807) is 41.3 Å². The lowest BCUT2D eigenvalue weighted by Crippen LogP contribution is -2.24. The number of benzene rings is 2. The Kier molecular flexibility index (Phi) is 5.08. The molecule has 1 aliphatic heterocycles. The summed E-state index contributed by atoms with van der Waals surface area (Å²) in [5.74, 6) is -0.266. The van der Waals surface area contributed by atoms with Crippen LogP contribution in [0.15, 0.2) is 53.4 Å². The van der Waals surface area contributed by atoms with Crippen LogP contribution in [0.1, 0.15) is 28.8 Å². The molecule has 7 heteroatoms. The minimum Gasteiger partial charge on any atom is -0.338 e. The highest BCUT2D eigenvalue weighted by molar-refractivity contribution is 7.90. The van der Waals surface area contributed by atoms with Gasteiger partial charge in [0.05, 0.1) is 10.6 Å². The van der Waals surface area contributed by atoms with Crippen molar-refractivity contribution in [3.63, 3.8) is 0 Å². The lowest BCUT2D eigenvalue weighted by Gasteiger charge is -2.16. The molecule has 0 radical (unpaired) electrons. The molecule has 1 saturated heterocycles. The summed E-state index contributed by atoms with van der Waals surface area (Å²) < 4.78 is 23.7. The van der Waals surface area contributed by atoms with Gasteiger partial charge in [-0.05, 0) is 36.2 Å². The molecule has 0 bridgehead atoms. The zero-order chi connectivity index (χ0) is 18.7. The maximum Gasteiger partial charge on any atom is 0.255 e. The topological polar surface area (TPSA) is 83.6 Å². The molecule has 3 rings (SSSR count). The minimum absolute atomic E-state index is 0.0761. The molecule has 0 unspecified atom stereocenters. The maximum absolute atomic E-state index is 12.6. The van der Waals surface area contributed by atoms with Crippen molar-refractivity contribution in [3.8, 4) is 0 Å². The van der Waals surface area contributed by atoms with Gasteiger partial charge >= 0.3 is 0 Å². The van der Waals surface area contributed by atoms with Crippen LogP contribution in [0, 0.1) is 0 Å². The standard InChI is InChI=1S/C19H20N2O4S/c1-26(24,25)17-9-3-2-8-16(17)20-19(23)15-7-4-6-14(12-15)13-21-11-5-10-18(21)22/h2-4,6-9,12H,5,10-11,13H2,1H3,(H,20,23). The molecule has 0 spiro atoms. The Morgan fingerprint density at radius 2 is 1.92 bits per heavy atom. The molecule has 1 aliphatic rings. The van der Waals surface area contributed by atoms with Crippen LogP contribution in [0.2, 0.25) is 0 Å². The number of nitrogens with zero attached hydrogens (tertiary/aromatic N) is 1. The van der Waals surface area contributed by atoms with E-state index in [0.29, 0.717) is 18.5 Å². The minimum atomic E-state index is -3.45. The van der Waals surface area contributed by atoms with E-state index in [2.05, 4.69) is 5.32 Å². The summed E-state index contributed by atoms with van der Waals surface area (Å²) in [6.07, 6.45) is 2.54. The van der Waals surface area contributed by atoms with Gasteiger partial charge in [0.1, 0.15) is 0 Å². The number of nitrogens with one attached hydrogen (secondary N) is 1. The molecule has 26 heavy (non-hydrogen) atoms. The largest absolute Gasteiger partial charge is 0.338 e. The molecule has 2 amide bonds. The quantitative estimate of drug-likeness (QED) is 0.874. The van der Waals surface area contributed by atoms with Crippen LogP contribution in [-0.4, -0.2) is 37.9 Å². The van der Waals surface area contributed by atoms with E-state index in [9.17, 15) is 18.0 Å². The van der Waals surface area contributed by atoms with Gasteiger partial charge in [0.15, 0.2) is 9.84 Å². The first-order valence-electron chi connectivity index (χ1n) is 8.32. The Morgan fingerprint density at radius 3 is 2.62 bits per heavy atom. The molecule has 6 nitrogen and oxygen atoms in total. The second kappa shape index (κ2) is 7.29. The number of likely N-dealkylation sites (tertiary alicyclic amines) is 1. The summed E-state index contributed by atoms with van der Waals surface area (Å²) in [5, 5.41) is 2.66. The van der Waals surface area contributed by atoms with Crippen LogP contribution in [-0.2, 0) is 21.2 Å². The fraction of sp³-hybridized carbons (Fsp3) is 0.263. The summed E-state index contributed by atoms with van der Waals surface area (Å²) in [6.45, 7) is 1.21. The van der Waals surface area contributed by atoms with E-state index < -0.39 is 15.7 Å². The average molecular weight is 372 g/mol. The Balaban J connectivity index is 1.79. The van der Waals surface area contributed by atoms with Gasteiger partial charge in [-0.15, -0.1) is 0 Å². The lowest BCUT2D eigenvalue weighted by atomic mass is 10.1. The first kappa shape index (κ1) is 18.1. The number of anilines is 1. The van der Waals surface area contributed by atoms with Crippen LogP contribution in [0.5, 0.6) is 0 Å². The van der Waals surface area contributed by atoms with E-state index in [1.807, 2.05) is 6.07 Å². The third kappa shape index (κ3) is 4.11. The van der Waals surface area contributed by atoms with Crippen molar-refractivity contribution in [3.05, 3.63) is 59.7 Å². The third-order valence-corrected chi connectivity index (χ3v) is 5.42. The molecular weight excluding hydrogens is 352 g/mol. The number of amides is 2. The predicted octanol–water partition coefficient (Wildman–Crippen LogP) is 2.46. The normalized spacial score (nSPS) is 14.5. The van der Waals surface area contributed by atoms with E-state index in [0.717, 1.165) is 24.8 Å². The molecule has 1 heterocycles. The van der Waals surface area contributed by atoms with Crippen LogP contribution in [0.4, 0.5) is 5.69 Å². The number of hydrogen-bond acceptors (Lipinski definition) is 4.